The maximum Gasteiger partial charge on any atom is 0.222 e. The van der Waals surface area contributed by atoms with Gasteiger partial charge in [0, 0.05) is 11.9 Å². The molecule has 0 spiro atoms. The maximum atomic E-state index is 5.75. The highest BCUT2D eigenvalue weighted by Gasteiger charge is 2.12. The maximum absolute atomic E-state index is 5.75. The molecule has 0 saturated heterocycles. The Balaban J connectivity index is 2.00. The van der Waals surface area contributed by atoms with Crippen molar-refractivity contribution in [2.24, 2.45) is 0 Å². The molecular formula is C12H12N4S2. The molecule has 18 heavy (non-hydrogen) atoms. The van der Waals surface area contributed by atoms with Crippen LogP contribution in [0.1, 0.15) is 4.88 Å². The lowest BCUT2D eigenvalue weighted by Gasteiger charge is -2.18. The number of thiophene rings is 2. The summed E-state index contributed by atoms with van der Waals surface area (Å²) >= 11 is 3.39. The van der Waals surface area contributed by atoms with Gasteiger partial charge in [0.15, 0.2) is 5.82 Å². The molecule has 3 aromatic rings. The second kappa shape index (κ2) is 4.55. The highest BCUT2D eigenvalue weighted by molar-refractivity contribution is 7.17. The number of hydrogen-bond acceptors (Lipinski definition) is 6. The molecule has 0 atom stereocenters. The zero-order chi connectivity index (χ0) is 12.5. The van der Waals surface area contributed by atoms with E-state index in [1.165, 1.54) is 4.88 Å². The van der Waals surface area contributed by atoms with Crippen LogP contribution in [0.25, 0.3) is 10.2 Å². The summed E-state index contributed by atoms with van der Waals surface area (Å²) in [6, 6.07) is 6.15. The van der Waals surface area contributed by atoms with Crippen LogP contribution >= 0.6 is 22.7 Å². The Kier molecular flexibility index (Phi) is 2.89. The third-order valence-corrected chi connectivity index (χ3v) is 4.40. The van der Waals surface area contributed by atoms with Crippen molar-refractivity contribution in [1.29, 1.82) is 0 Å². The first-order chi connectivity index (χ1) is 8.74. The first-order valence-corrected chi connectivity index (χ1v) is 7.24. The second-order valence-electron chi connectivity index (χ2n) is 3.98. The molecule has 6 heteroatoms. The summed E-state index contributed by atoms with van der Waals surface area (Å²) in [6.45, 7) is 0.834. The predicted molar refractivity (Wildman–Crippen MR) is 78.3 cm³/mol. The largest absolute Gasteiger partial charge is 0.368 e. The predicted octanol–water partition coefficient (Wildman–Crippen LogP) is 2.97. The summed E-state index contributed by atoms with van der Waals surface area (Å²) in [5, 5.41) is 4.10. The van der Waals surface area contributed by atoms with Crippen molar-refractivity contribution in [2.75, 3.05) is 17.7 Å². The van der Waals surface area contributed by atoms with Crippen LogP contribution in [0.5, 0.6) is 0 Å². The Morgan fingerprint density at radius 2 is 2.11 bits per heavy atom. The van der Waals surface area contributed by atoms with E-state index in [0.717, 1.165) is 22.6 Å². The van der Waals surface area contributed by atoms with Crippen LogP contribution in [-0.4, -0.2) is 17.0 Å². The Bertz CT molecular complexity index is 660. The highest BCUT2D eigenvalue weighted by atomic mass is 32.1. The third kappa shape index (κ3) is 2.04. The van der Waals surface area contributed by atoms with Gasteiger partial charge in [0.2, 0.25) is 5.95 Å². The van der Waals surface area contributed by atoms with Gasteiger partial charge in [0.1, 0.15) is 0 Å². The van der Waals surface area contributed by atoms with Gasteiger partial charge in [-0.1, -0.05) is 6.07 Å². The van der Waals surface area contributed by atoms with Crippen LogP contribution in [0.15, 0.2) is 29.0 Å². The van der Waals surface area contributed by atoms with Crippen LogP contribution in [0, 0.1) is 0 Å². The van der Waals surface area contributed by atoms with Crippen molar-refractivity contribution < 1.29 is 0 Å². The topological polar surface area (TPSA) is 55.0 Å². The molecular weight excluding hydrogens is 264 g/mol. The van der Waals surface area contributed by atoms with E-state index in [4.69, 9.17) is 5.73 Å². The molecule has 0 aliphatic heterocycles. The molecule has 0 radical (unpaired) electrons. The molecule has 0 aliphatic carbocycles. The van der Waals surface area contributed by atoms with Gasteiger partial charge in [0.05, 0.1) is 16.8 Å². The molecule has 0 bridgehead atoms. The lowest BCUT2D eigenvalue weighted by atomic mass is 10.4. The normalized spacial score (nSPS) is 10.9. The van der Waals surface area contributed by atoms with E-state index in [9.17, 15) is 0 Å². The third-order valence-electron chi connectivity index (χ3n) is 2.64. The number of nitrogen functional groups attached to an aromatic ring is 1. The van der Waals surface area contributed by atoms with E-state index in [0.29, 0.717) is 5.95 Å². The number of rotatable bonds is 3. The zero-order valence-corrected chi connectivity index (χ0v) is 11.5. The number of hydrogen-bond donors (Lipinski definition) is 1. The minimum absolute atomic E-state index is 0.328. The summed E-state index contributed by atoms with van der Waals surface area (Å²) in [7, 11) is 2.03. The van der Waals surface area contributed by atoms with Gasteiger partial charge in [-0.25, -0.2) is 4.98 Å². The highest BCUT2D eigenvalue weighted by Crippen LogP contribution is 2.29. The molecule has 3 aromatic heterocycles. The van der Waals surface area contributed by atoms with Crippen molar-refractivity contribution >= 4 is 44.7 Å². The van der Waals surface area contributed by atoms with Crippen LogP contribution in [0.4, 0.5) is 11.8 Å². The quantitative estimate of drug-likeness (QED) is 0.799. The van der Waals surface area contributed by atoms with Gasteiger partial charge in [0.25, 0.3) is 0 Å². The van der Waals surface area contributed by atoms with Gasteiger partial charge in [-0.3, -0.25) is 0 Å². The number of nitrogens with two attached hydrogens (primary N) is 1. The van der Waals surface area contributed by atoms with Crippen molar-refractivity contribution in [3.63, 3.8) is 0 Å². The fourth-order valence-electron chi connectivity index (χ4n) is 1.84. The van der Waals surface area contributed by atoms with Gasteiger partial charge >= 0.3 is 0 Å². The Morgan fingerprint density at radius 3 is 2.89 bits per heavy atom. The van der Waals surface area contributed by atoms with Crippen LogP contribution in [0.3, 0.4) is 0 Å². The number of fused-ring (bicyclic) bond motifs is 1. The molecule has 2 N–H and O–H groups in total. The Morgan fingerprint density at radius 1 is 1.22 bits per heavy atom. The lowest BCUT2D eigenvalue weighted by molar-refractivity contribution is 0.919. The van der Waals surface area contributed by atoms with E-state index >= 15 is 0 Å². The molecule has 0 saturated carbocycles. The van der Waals surface area contributed by atoms with Crippen molar-refractivity contribution in [1.82, 2.24) is 9.97 Å². The fraction of sp³-hybridized carbons (Fsp3) is 0.167. The minimum Gasteiger partial charge on any atom is -0.368 e. The average molecular weight is 276 g/mol. The van der Waals surface area contributed by atoms with Gasteiger partial charge in [-0.2, -0.15) is 4.98 Å². The van der Waals surface area contributed by atoms with E-state index in [1.807, 2.05) is 18.5 Å². The number of nitrogens with zero attached hydrogens (tertiary/aromatic N) is 3. The average Bonchev–Trinajstić information content (AvgIpc) is 2.97. The number of aromatic nitrogens is 2. The fourth-order valence-corrected chi connectivity index (χ4v) is 3.47. The summed E-state index contributed by atoms with van der Waals surface area (Å²) in [4.78, 5) is 12.0. The van der Waals surface area contributed by atoms with Crippen LogP contribution in [0.2, 0.25) is 0 Å². The summed E-state index contributed by atoms with van der Waals surface area (Å²) in [5.74, 6) is 1.23. The van der Waals surface area contributed by atoms with Crippen LogP contribution in [-0.2, 0) is 6.54 Å². The lowest BCUT2D eigenvalue weighted by Crippen LogP contribution is -2.18. The second-order valence-corrected chi connectivity index (χ2v) is 5.92. The van der Waals surface area contributed by atoms with E-state index in [2.05, 4.69) is 32.4 Å². The monoisotopic (exact) mass is 276 g/mol. The zero-order valence-electron chi connectivity index (χ0n) is 9.83. The van der Waals surface area contributed by atoms with Gasteiger partial charge < -0.3 is 10.6 Å². The molecule has 0 fully saturated rings. The molecule has 0 aliphatic rings. The van der Waals surface area contributed by atoms with E-state index < -0.39 is 0 Å². The van der Waals surface area contributed by atoms with Crippen molar-refractivity contribution in [3.8, 4) is 0 Å². The Hall–Kier alpha value is -1.66. The molecule has 0 aromatic carbocycles. The van der Waals surface area contributed by atoms with Gasteiger partial charge in [-0.15, -0.1) is 22.7 Å². The molecule has 4 nitrogen and oxygen atoms in total. The SMILES string of the molecule is CN(Cc1cccs1)c1nc(N)nc2ccsc12. The summed E-state index contributed by atoms with van der Waals surface area (Å²) in [5.41, 5.74) is 6.67. The van der Waals surface area contributed by atoms with Crippen molar-refractivity contribution in [3.05, 3.63) is 33.8 Å². The smallest absolute Gasteiger partial charge is 0.222 e. The molecule has 92 valence electrons. The van der Waals surface area contributed by atoms with Gasteiger partial charge in [-0.05, 0) is 22.9 Å². The molecule has 0 amide bonds. The molecule has 3 heterocycles. The first-order valence-electron chi connectivity index (χ1n) is 5.48. The first kappa shape index (κ1) is 11.4. The van der Waals surface area contributed by atoms with Crippen LogP contribution < -0.4 is 10.6 Å². The molecule has 3 rings (SSSR count). The molecule has 0 unspecified atom stereocenters. The van der Waals surface area contributed by atoms with Crippen molar-refractivity contribution in [2.45, 2.75) is 6.54 Å². The standard InChI is InChI=1S/C12H12N4S2/c1-16(7-8-3-2-5-17-8)11-10-9(4-6-18-10)14-12(13)15-11/h2-6H,7H2,1H3,(H2,13,14,15). The number of anilines is 2. The summed E-state index contributed by atoms with van der Waals surface area (Å²) < 4.78 is 1.09. The Labute approximate surface area is 113 Å². The minimum atomic E-state index is 0.328. The summed E-state index contributed by atoms with van der Waals surface area (Å²) in [6.07, 6.45) is 0. The van der Waals surface area contributed by atoms with E-state index in [1.54, 1.807) is 22.7 Å². The van der Waals surface area contributed by atoms with E-state index in [-0.39, 0.29) is 0 Å².